The number of anilines is 1. The van der Waals surface area contributed by atoms with Crippen LogP contribution in [0.1, 0.15) is 51.0 Å². The minimum atomic E-state index is -0.558. The molecule has 0 saturated heterocycles. The van der Waals surface area contributed by atoms with Crippen LogP contribution in [0, 0.1) is 11.3 Å². The SMILES string of the molecule is CC(CCNc1ccc(C(N)=O)nn1)CC(C)(C)C. The van der Waals surface area contributed by atoms with E-state index in [2.05, 4.69) is 43.2 Å². The Bertz CT molecular complexity index is 408. The van der Waals surface area contributed by atoms with E-state index in [0.29, 0.717) is 17.2 Å². The predicted octanol–water partition coefficient (Wildman–Crippen LogP) is 2.45. The second-order valence-corrected chi connectivity index (χ2v) is 6.25. The molecule has 0 aliphatic rings. The fraction of sp³-hybridized carbons (Fsp3) is 0.643. The van der Waals surface area contributed by atoms with Gasteiger partial charge in [0.15, 0.2) is 5.69 Å². The molecule has 106 valence electrons. The summed E-state index contributed by atoms with van der Waals surface area (Å²) in [7, 11) is 0. The molecule has 1 atom stereocenters. The van der Waals surface area contributed by atoms with Crippen molar-refractivity contribution in [2.24, 2.45) is 17.1 Å². The van der Waals surface area contributed by atoms with Gasteiger partial charge in [-0.1, -0.05) is 27.7 Å². The van der Waals surface area contributed by atoms with Crippen LogP contribution >= 0.6 is 0 Å². The van der Waals surface area contributed by atoms with Crippen LogP contribution in [0.4, 0.5) is 5.82 Å². The Kier molecular flexibility index (Phi) is 5.27. The van der Waals surface area contributed by atoms with E-state index in [4.69, 9.17) is 5.73 Å². The molecule has 3 N–H and O–H groups in total. The summed E-state index contributed by atoms with van der Waals surface area (Å²) < 4.78 is 0. The van der Waals surface area contributed by atoms with Crippen molar-refractivity contribution in [1.82, 2.24) is 10.2 Å². The maximum atomic E-state index is 10.8. The molecule has 5 heteroatoms. The summed E-state index contributed by atoms with van der Waals surface area (Å²) in [4.78, 5) is 10.8. The average molecular weight is 264 g/mol. The minimum Gasteiger partial charge on any atom is -0.369 e. The summed E-state index contributed by atoms with van der Waals surface area (Å²) in [6, 6.07) is 3.30. The first kappa shape index (κ1) is 15.4. The number of nitrogens with zero attached hydrogens (tertiary/aromatic N) is 2. The van der Waals surface area contributed by atoms with Gasteiger partial charge in [0.2, 0.25) is 0 Å². The molecule has 0 fully saturated rings. The second kappa shape index (κ2) is 6.50. The fourth-order valence-corrected chi connectivity index (χ4v) is 2.15. The molecule has 0 radical (unpaired) electrons. The molecule has 1 aromatic rings. The van der Waals surface area contributed by atoms with Crippen molar-refractivity contribution in [2.45, 2.75) is 40.5 Å². The van der Waals surface area contributed by atoms with E-state index in [9.17, 15) is 4.79 Å². The monoisotopic (exact) mass is 264 g/mol. The zero-order chi connectivity index (χ0) is 14.5. The van der Waals surface area contributed by atoms with Crippen molar-refractivity contribution in [2.75, 3.05) is 11.9 Å². The molecule has 1 unspecified atom stereocenters. The maximum absolute atomic E-state index is 10.8. The Morgan fingerprint density at radius 3 is 2.53 bits per heavy atom. The first-order valence-electron chi connectivity index (χ1n) is 6.65. The van der Waals surface area contributed by atoms with E-state index in [0.717, 1.165) is 13.0 Å². The topological polar surface area (TPSA) is 80.9 Å². The number of nitrogens with one attached hydrogen (secondary N) is 1. The van der Waals surface area contributed by atoms with E-state index in [1.54, 1.807) is 12.1 Å². The molecule has 0 spiro atoms. The van der Waals surface area contributed by atoms with Crippen LogP contribution < -0.4 is 11.1 Å². The summed E-state index contributed by atoms with van der Waals surface area (Å²) in [6.45, 7) is 9.87. The summed E-state index contributed by atoms with van der Waals surface area (Å²) in [5.74, 6) is 0.774. The van der Waals surface area contributed by atoms with Crippen LogP contribution in [0.15, 0.2) is 12.1 Å². The Hall–Kier alpha value is -1.65. The zero-order valence-electron chi connectivity index (χ0n) is 12.2. The second-order valence-electron chi connectivity index (χ2n) is 6.25. The quantitative estimate of drug-likeness (QED) is 0.827. The Morgan fingerprint density at radius 1 is 1.37 bits per heavy atom. The number of nitrogens with two attached hydrogens (primary N) is 1. The van der Waals surface area contributed by atoms with Crippen LogP contribution in [-0.2, 0) is 0 Å². The Balaban J connectivity index is 2.35. The molecule has 0 aliphatic carbocycles. The van der Waals surface area contributed by atoms with Crippen LogP contribution in [-0.4, -0.2) is 22.6 Å². The van der Waals surface area contributed by atoms with Crippen molar-refractivity contribution >= 4 is 11.7 Å². The van der Waals surface area contributed by atoms with Gasteiger partial charge in [-0.2, -0.15) is 0 Å². The molecule has 1 amide bonds. The van der Waals surface area contributed by atoms with Crippen molar-refractivity contribution in [3.8, 4) is 0 Å². The van der Waals surface area contributed by atoms with Crippen LogP contribution in [0.3, 0.4) is 0 Å². The molecule has 0 bridgehead atoms. The summed E-state index contributed by atoms with van der Waals surface area (Å²) in [5, 5.41) is 10.9. The normalized spacial score (nSPS) is 13.1. The molecule has 5 nitrogen and oxygen atoms in total. The summed E-state index contributed by atoms with van der Waals surface area (Å²) in [6.07, 6.45) is 2.28. The molecular weight excluding hydrogens is 240 g/mol. The van der Waals surface area contributed by atoms with Gasteiger partial charge in [-0.3, -0.25) is 4.79 Å². The van der Waals surface area contributed by atoms with E-state index in [-0.39, 0.29) is 5.69 Å². The van der Waals surface area contributed by atoms with Crippen LogP contribution in [0.25, 0.3) is 0 Å². The molecule has 1 rings (SSSR count). The van der Waals surface area contributed by atoms with Gasteiger partial charge in [0.25, 0.3) is 5.91 Å². The third kappa shape index (κ3) is 6.18. The lowest BCUT2D eigenvalue weighted by molar-refractivity contribution is 0.0994. The van der Waals surface area contributed by atoms with E-state index in [1.165, 1.54) is 6.42 Å². The third-order valence-electron chi connectivity index (χ3n) is 2.82. The van der Waals surface area contributed by atoms with Gasteiger partial charge in [0.1, 0.15) is 5.82 Å². The lowest BCUT2D eigenvalue weighted by Gasteiger charge is -2.23. The molecule has 1 aromatic heterocycles. The molecule has 0 saturated carbocycles. The highest BCUT2D eigenvalue weighted by molar-refractivity contribution is 5.90. The fourth-order valence-electron chi connectivity index (χ4n) is 2.15. The molecule has 0 aliphatic heterocycles. The molecule has 19 heavy (non-hydrogen) atoms. The number of rotatable bonds is 6. The van der Waals surface area contributed by atoms with E-state index < -0.39 is 5.91 Å². The molecular formula is C14H24N4O. The highest BCUT2D eigenvalue weighted by Gasteiger charge is 2.14. The largest absolute Gasteiger partial charge is 0.369 e. The third-order valence-corrected chi connectivity index (χ3v) is 2.82. The number of hydrogen-bond acceptors (Lipinski definition) is 4. The standard InChI is InChI=1S/C14H24N4O/c1-10(9-14(2,3)4)7-8-16-12-6-5-11(13(15)19)17-18-12/h5-6,10H,7-9H2,1-4H3,(H2,15,19)(H,16,18). The smallest absolute Gasteiger partial charge is 0.269 e. The lowest BCUT2D eigenvalue weighted by atomic mass is 9.84. The van der Waals surface area contributed by atoms with E-state index in [1.807, 2.05) is 0 Å². The minimum absolute atomic E-state index is 0.187. The van der Waals surface area contributed by atoms with Crippen LogP contribution in [0.2, 0.25) is 0 Å². The van der Waals surface area contributed by atoms with Crippen molar-refractivity contribution in [3.63, 3.8) is 0 Å². The predicted molar refractivity (Wildman–Crippen MR) is 76.9 cm³/mol. The van der Waals surface area contributed by atoms with Crippen molar-refractivity contribution < 1.29 is 4.79 Å². The molecule has 0 aromatic carbocycles. The first-order chi connectivity index (χ1) is 8.78. The van der Waals surface area contributed by atoms with Crippen molar-refractivity contribution in [1.29, 1.82) is 0 Å². The highest BCUT2D eigenvalue weighted by Crippen LogP contribution is 2.25. The maximum Gasteiger partial charge on any atom is 0.269 e. The highest BCUT2D eigenvalue weighted by atomic mass is 16.1. The van der Waals surface area contributed by atoms with E-state index >= 15 is 0 Å². The van der Waals surface area contributed by atoms with Gasteiger partial charge < -0.3 is 11.1 Å². The van der Waals surface area contributed by atoms with Gasteiger partial charge >= 0.3 is 0 Å². The number of carbonyl (C=O) groups is 1. The number of amides is 1. The number of aromatic nitrogens is 2. The van der Waals surface area contributed by atoms with Crippen LogP contribution in [0.5, 0.6) is 0 Å². The van der Waals surface area contributed by atoms with Gasteiger partial charge in [0, 0.05) is 6.54 Å². The van der Waals surface area contributed by atoms with Crippen molar-refractivity contribution in [3.05, 3.63) is 17.8 Å². The number of primary amides is 1. The average Bonchev–Trinajstić information content (AvgIpc) is 2.27. The summed E-state index contributed by atoms with van der Waals surface area (Å²) in [5.41, 5.74) is 5.65. The van der Waals surface area contributed by atoms with Gasteiger partial charge in [-0.05, 0) is 36.3 Å². The Labute approximate surface area is 115 Å². The lowest BCUT2D eigenvalue weighted by Crippen LogP contribution is -2.16. The Morgan fingerprint density at radius 2 is 2.05 bits per heavy atom. The number of carbonyl (C=O) groups excluding carboxylic acids is 1. The summed E-state index contributed by atoms with van der Waals surface area (Å²) >= 11 is 0. The zero-order valence-corrected chi connectivity index (χ0v) is 12.2. The van der Waals surface area contributed by atoms with Gasteiger partial charge in [0.05, 0.1) is 0 Å². The van der Waals surface area contributed by atoms with Gasteiger partial charge in [-0.15, -0.1) is 10.2 Å². The molecule has 1 heterocycles. The number of hydrogen-bond donors (Lipinski definition) is 2. The van der Waals surface area contributed by atoms with Gasteiger partial charge in [-0.25, -0.2) is 0 Å². The first-order valence-corrected chi connectivity index (χ1v) is 6.65.